The molecule has 1 amide bonds. The number of carboxylic acids is 1. The lowest BCUT2D eigenvalue weighted by atomic mass is 9.93. The second kappa shape index (κ2) is 7.00. The number of carboxylic acid groups (broad SMARTS) is 1. The summed E-state index contributed by atoms with van der Waals surface area (Å²) in [7, 11) is 0. The summed E-state index contributed by atoms with van der Waals surface area (Å²) in [5.74, 6) is -0.581. The van der Waals surface area contributed by atoms with Gasteiger partial charge in [0.2, 0.25) is 0 Å². The predicted octanol–water partition coefficient (Wildman–Crippen LogP) is 1.88. The number of aliphatic carboxylic acids is 1. The molecule has 6 nitrogen and oxygen atoms in total. The van der Waals surface area contributed by atoms with Gasteiger partial charge in [-0.25, -0.2) is 4.98 Å². The molecule has 116 valence electrons. The van der Waals surface area contributed by atoms with E-state index in [-0.39, 0.29) is 24.3 Å². The minimum absolute atomic E-state index is 0.0711. The molecule has 21 heavy (non-hydrogen) atoms. The van der Waals surface area contributed by atoms with Crippen LogP contribution in [0.2, 0.25) is 0 Å². The summed E-state index contributed by atoms with van der Waals surface area (Å²) in [4.78, 5) is 29.2. The number of nitrogens with zero attached hydrogens (tertiary/aromatic N) is 2. The van der Waals surface area contributed by atoms with Gasteiger partial charge in [-0.3, -0.25) is 9.59 Å². The van der Waals surface area contributed by atoms with E-state index in [1.807, 2.05) is 6.92 Å². The highest BCUT2D eigenvalue weighted by molar-refractivity contribution is 7.09. The minimum atomic E-state index is -0.778. The molecule has 2 unspecified atom stereocenters. The number of hydrogen-bond donors (Lipinski definition) is 2. The van der Waals surface area contributed by atoms with Crippen molar-refractivity contribution in [2.75, 3.05) is 13.1 Å². The number of likely N-dealkylation sites (tertiary alicyclic amines) is 1. The summed E-state index contributed by atoms with van der Waals surface area (Å²) in [6.07, 6.45) is 2.69. The Hall–Kier alpha value is -1.47. The Morgan fingerprint density at radius 1 is 1.62 bits per heavy atom. The number of aromatic nitrogens is 1. The average Bonchev–Trinajstić information content (AvgIpc) is 2.94. The van der Waals surface area contributed by atoms with E-state index in [4.69, 9.17) is 10.8 Å². The Bertz CT molecular complexity index is 515. The molecule has 2 atom stereocenters. The van der Waals surface area contributed by atoms with Crippen LogP contribution in [-0.2, 0) is 4.79 Å². The van der Waals surface area contributed by atoms with Crippen molar-refractivity contribution in [3.63, 3.8) is 0 Å². The fourth-order valence-electron chi connectivity index (χ4n) is 2.57. The lowest BCUT2D eigenvalue weighted by Gasteiger charge is -2.32. The summed E-state index contributed by atoms with van der Waals surface area (Å²) >= 11 is 1.40. The van der Waals surface area contributed by atoms with Gasteiger partial charge in [0.25, 0.3) is 5.91 Å². The van der Waals surface area contributed by atoms with E-state index in [0.717, 1.165) is 17.8 Å². The van der Waals surface area contributed by atoms with Gasteiger partial charge in [0.1, 0.15) is 10.7 Å². The molecular weight excluding hydrogens is 290 g/mol. The lowest BCUT2D eigenvalue weighted by molar-refractivity contribution is -0.137. The molecule has 3 N–H and O–H groups in total. The highest BCUT2D eigenvalue weighted by Gasteiger charge is 2.26. The first-order chi connectivity index (χ1) is 9.97. The van der Waals surface area contributed by atoms with Crippen molar-refractivity contribution in [3.8, 4) is 0 Å². The molecule has 1 aromatic rings. The third-order valence-corrected chi connectivity index (χ3v) is 4.75. The van der Waals surface area contributed by atoms with Crippen molar-refractivity contribution >= 4 is 23.2 Å². The number of piperidine rings is 1. The highest BCUT2D eigenvalue weighted by atomic mass is 32.1. The summed E-state index contributed by atoms with van der Waals surface area (Å²) in [6, 6.07) is -0.166. The normalized spacial score (nSPS) is 20.3. The number of amides is 1. The van der Waals surface area contributed by atoms with Crippen molar-refractivity contribution in [1.82, 2.24) is 9.88 Å². The smallest absolute Gasteiger partial charge is 0.303 e. The molecule has 7 heteroatoms. The molecule has 1 fully saturated rings. The van der Waals surface area contributed by atoms with Gasteiger partial charge in [0, 0.05) is 24.9 Å². The van der Waals surface area contributed by atoms with Crippen LogP contribution in [0.15, 0.2) is 5.38 Å². The predicted molar refractivity (Wildman–Crippen MR) is 80.2 cm³/mol. The van der Waals surface area contributed by atoms with Crippen molar-refractivity contribution in [2.24, 2.45) is 11.7 Å². The molecule has 1 saturated heterocycles. The largest absolute Gasteiger partial charge is 0.481 e. The first kappa shape index (κ1) is 15.9. The van der Waals surface area contributed by atoms with Crippen LogP contribution in [0.5, 0.6) is 0 Å². The fraction of sp³-hybridized carbons (Fsp3) is 0.643. The Kier molecular flexibility index (Phi) is 5.30. The van der Waals surface area contributed by atoms with Crippen molar-refractivity contribution < 1.29 is 14.7 Å². The monoisotopic (exact) mass is 311 g/mol. The Morgan fingerprint density at radius 2 is 2.38 bits per heavy atom. The molecule has 0 bridgehead atoms. The van der Waals surface area contributed by atoms with Crippen LogP contribution >= 0.6 is 11.3 Å². The first-order valence-electron chi connectivity index (χ1n) is 7.19. The molecule has 0 aliphatic carbocycles. The van der Waals surface area contributed by atoms with E-state index in [0.29, 0.717) is 25.2 Å². The fourth-order valence-corrected chi connectivity index (χ4v) is 3.32. The number of thiazole rings is 1. The summed E-state index contributed by atoms with van der Waals surface area (Å²) in [5.41, 5.74) is 6.21. The zero-order valence-electron chi connectivity index (χ0n) is 12.1. The minimum Gasteiger partial charge on any atom is -0.481 e. The Balaban J connectivity index is 1.96. The van der Waals surface area contributed by atoms with Crippen LogP contribution in [0.25, 0.3) is 0 Å². The summed E-state index contributed by atoms with van der Waals surface area (Å²) in [5, 5.41) is 11.3. The maximum absolute atomic E-state index is 12.4. The standard InChI is InChI=1S/C14H21N3O3S/c1-9(15)13-16-11(8-21-13)14(20)17-6-2-3-10(7-17)4-5-12(18)19/h8-10H,2-7,15H2,1H3,(H,18,19). The molecule has 0 radical (unpaired) electrons. The third-order valence-electron chi connectivity index (χ3n) is 3.70. The molecular formula is C14H21N3O3S. The van der Waals surface area contributed by atoms with Gasteiger partial charge in [0.15, 0.2) is 0 Å². The van der Waals surface area contributed by atoms with Gasteiger partial charge in [-0.2, -0.15) is 0 Å². The maximum atomic E-state index is 12.4. The Labute approximate surface area is 128 Å². The number of hydrogen-bond acceptors (Lipinski definition) is 5. The van der Waals surface area contributed by atoms with E-state index >= 15 is 0 Å². The van der Waals surface area contributed by atoms with E-state index in [9.17, 15) is 9.59 Å². The number of carbonyl (C=O) groups is 2. The van der Waals surface area contributed by atoms with Gasteiger partial charge in [-0.05, 0) is 32.1 Å². The van der Waals surface area contributed by atoms with E-state index < -0.39 is 5.97 Å². The number of rotatable bonds is 5. The second-order valence-electron chi connectivity index (χ2n) is 5.55. The van der Waals surface area contributed by atoms with Gasteiger partial charge >= 0.3 is 5.97 Å². The molecule has 0 saturated carbocycles. The lowest BCUT2D eigenvalue weighted by Crippen LogP contribution is -2.40. The van der Waals surface area contributed by atoms with Crippen LogP contribution in [-0.4, -0.2) is 40.0 Å². The molecule has 2 heterocycles. The van der Waals surface area contributed by atoms with E-state index in [2.05, 4.69) is 4.98 Å². The molecule has 0 aromatic carbocycles. The molecule has 0 spiro atoms. The van der Waals surface area contributed by atoms with Gasteiger partial charge in [-0.15, -0.1) is 11.3 Å². The van der Waals surface area contributed by atoms with Crippen LogP contribution in [0.4, 0.5) is 0 Å². The molecule has 2 rings (SSSR count). The zero-order valence-corrected chi connectivity index (χ0v) is 12.9. The van der Waals surface area contributed by atoms with Crippen molar-refractivity contribution in [1.29, 1.82) is 0 Å². The first-order valence-corrected chi connectivity index (χ1v) is 8.07. The number of carbonyl (C=O) groups excluding carboxylic acids is 1. The van der Waals surface area contributed by atoms with E-state index in [1.165, 1.54) is 11.3 Å². The average molecular weight is 311 g/mol. The van der Waals surface area contributed by atoms with Crippen molar-refractivity contribution in [3.05, 3.63) is 16.1 Å². The quantitative estimate of drug-likeness (QED) is 0.865. The van der Waals surface area contributed by atoms with Crippen LogP contribution < -0.4 is 5.73 Å². The third kappa shape index (κ3) is 4.25. The molecule has 1 aliphatic heterocycles. The van der Waals surface area contributed by atoms with Crippen LogP contribution in [0.3, 0.4) is 0 Å². The van der Waals surface area contributed by atoms with Crippen LogP contribution in [0.1, 0.15) is 54.1 Å². The Morgan fingerprint density at radius 3 is 3.00 bits per heavy atom. The molecule has 1 aromatic heterocycles. The van der Waals surface area contributed by atoms with Gasteiger partial charge in [0.05, 0.1) is 6.04 Å². The summed E-state index contributed by atoms with van der Waals surface area (Å²) < 4.78 is 0. The second-order valence-corrected chi connectivity index (χ2v) is 6.44. The van der Waals surface area contributed by atoms with E-state index in [1.54, 1.807) is 10.3 Å². The van der Waals surface area contributed by atoms with Crippen LogP contribution in [0, 0.1) is 5.92 Å². The topological polar surface area (TPSA) is 96.5 Å². The van der Waals surface area contributed by atoms with Gasteiger partial charge in [-0.1, -0.05) is 0 Å². The zero-order chi connectivity index (χ0) is 15.4. The van der Waals surface area contributed by atoms with Gasteiger partial charge < -0.3 is 15.7 Å². The number of nitrogens with two attached hydrogens (primary N) is 1. The molecule has 1 aliphatic rings. The highest BCUT2D eigenvalue weighted by Crippen LogP contribution is 2.23. The maximum Gasteiger partial charge on any atom is 0.303 e. The van der Waals surface area contributed by atoms with Crippen molar-refractivity contribution in [2.45, 2.75) is 38.6 Å². The summed E-state index contributed by atoms with van der Waals surface area (Å²) in [6.45, 7) is 3.18. The SMILES string of the molecule is CC(N)c1nc(C(=O)N2CCCC(CCC(=O)O)C2)cs1.